The second kappa shape index (κ2) is 8.63. The van der Waals surface area contributed by atoms with Gasteiger partial charge in [-0.3, -0.25) is 0 Å². The maximum Gasteiger partial charge on any atom is 0.229 e. The molecule has 0 radical (unpaired) electrons. The van der Waals surface area contributed by atoms with Gasteiger partial charge in [0.15, 0.2) is 5.82 Å². The Hall–Kier alpha value is -2.78. The summed E-state index contributed by atoms with van der Waals surface area (Å²) in [6.07, 6.45) is 1.96. The first-order valence-corrected chi connectivity index (χ1v) is 11.7. The van der Waals surface area contributed by atoms with Crippen molar-refractivity contribution in [3.05, 3.63) is 53.4 Å². The number of anilines is 3. The van der Waals surface area contributed by atoms with Crippen LogP contribution in [0.2, 0.25) is 0 Å². The molecular formula is C23H24F2N6S. The Morgan fingerprint density at radius 2 is 2.03 bits per heavy atom. The molecule has 2 N–H and O–H groups in total. The molecule has 0 fully saturated rings. The van der Waals surface area contributed by atoms with Gasteiger partial charge in [-0.15, -0.1) is 11.8 Å². The van der Waals surface area contributed by atoms with Crippen LogP contribution < -0.4 is 15.5 Å². The lowest BCUT2D eigenvalue weighted by Crippen LogP contribution is -2.35. The quantitative estimate of drug-likeness (QED) is 0.601. The van der Waals surface area contributed by atoms with Crippen LogP contribution in [0, 0.1) is 11.6 Å². The number of nitrogens with one attached hydrogen (secondary N) is 2. The molecule has 6 nitrogen and oxygen atoms in total. The van der Waals surface area contributed by atoms with E-state index in [0.717, 1.165) is 49.4 Å². The van der Waals surface area contributed by atoms with Crippen molar-refractivity contribution in [3.8, 4) is 11.3 Å². The van der Waals surface area contributed by atoms with Crippen LogP contribution in [0.5, 0.6) is 0 Å². The summed E-state index contributed by atoms with van der Waals surface area (Å²) in [5, 5.41) is 6.38. The summed E-state index contributed by atoms with van der Waals surface area (Å²) in [6, 6.07) is 7.26. The van der Waals surface area contributed by atoms with Crippen LogP contribution in [0.3, 0.4) is 0 Å². The predicted octanol–water partition coefficient (Wildman–Crippen LogP) is 4.53. The number of hydrogen-bond acceptors (Lipinski definition) is 7. The van der Waals surface area contributed by atoms with Gasteiger partial charge in [0.1, 0.15) is 17.3 Å². The molecule has 0 atom stereocenters. The highest BCUT2D eigenvalue weighted by atomic mass is 32.2. The van der Waals surface area contributed by atoms with Gasteiger partial charge in [-0.2, -0.15) is 0 Å². The lowest BCUT2D eigenvalue weighted by atomic mass is 10.1. The highest BCUT2D eigenvalue weighted by Gasteiger charge is 2.25. The highest BCUT2D eigenvalue weighted by molar-refractivity contribution is 7.99. The first-order valence-electron chi connectivity index (χ1n) is 10.7. The second-order valence-electron chi connectivity index (χ2n) is 8.19. The van der Waals surface area contributed by atoms with Crippen molar-refractivity contribution in [1.29, 1.82) is 0 Å². The largest absolute Gasteiger partial charge is 0.367 e. The standard InChI is InChI=1S/C23H24F2N6S/c1-13(2)31-7-8-32-22-16(24)9-15(10-19(22)31)21-17(25)12-27-23(30-21)29-20-4-3-14-11-26-6-5-18(14)28-20/h3-4,9-10,12-13,26H,5-8,11H2,1-2H3,(H,27,28,29,30). The molecule has 2 aliphatic rings. The van der Waals surface area contributed by atoms with E-state index in [1.54, 1.807) is 0 Å². The maximum atomic E-state index is 14.9. The Morgan fingerprint density at radius 3 is 2.88 bits per heavy atom. The van der Waals surface area contributed by atoms with Crippen molar-refractivity contribution in [3.63, 3.8) is 0 Å². The van der Waals surface area contributed by atoms with Gasteiger partial charge in [-0.1, -0.05) is 6.07 Å². The molecule has 0 amide bonds. The van der Waals surface area contributed by atoms with Crippen molar-refractivity contribution in [2.24, 2.45) is 0 Å². The molecule has 1 aromatic carbocycles. The summed E-state index contributed by atoms with van der Waals surface area (Å²) in [6.45, 7) is 6.64. The van der Waals surface area contributed by atoms with Gasteiger partial charge in [0.2, 0.25) is 5.95 Å². The first kappa shape index (κ1) is 21.1. The van der Waals surface area contributed by atoms with Crippen molar-refractivity contribution in [2.45, 2.75) is 37.8 Å². The van der Waals surface area contributed by atoms with E-state index in [2.05, 4.69) is 44.3 Å². The molecule has 3 aromatic rings. The zero-order valence-corrected chi connectivity index (χ0v) is 18.8. The van der Waals surface area contributed by atoms with Gasteiger partial charge < -0.3 is 15.5 Å². The van der Waals surface area contributed by atoms with Crippen LogP contribution in [0.4, 0.5) is 26.2 Å². The molecule has 9 heteroatoms. The van der Waals surface area contributed by atoms with Gasteiger partial charge in [-0.05, 0) is 37.6 Å². The minimum atomic E-state index is -0.598. The van der Waals surface area contributed by atoms with Gasteiger partial charge in [0.25, 0.3) is 0 Å². The number of hydrogen-bond donors (Lipinski definition) is 2. The molecule has 4 heterocycles. The third-order valence-electron chi connectivity index (χ3n) is 5.72. The van der Waals surface area contributed by atoms with Crippen LogP contribution in [-0.4, -0.2) is 39.8 Å². The van der Waals surface area contributed by atoms with Gasteiger partial charge >= 0.3 is 0 Å². The molecule has 0 spiro atoms. The number of benzene rings is 1. The summed E-state index contributed by atoms with van der Waals surface area (Å²) in [7, 11) is 0. The molecule has 5 rings (SSSR count). The lowest BCUT2D eigenvalue weighted by molar-refractivity contribution is 0.592. The number of pyridine rings is 1. The van der Waals surface area contributed by atoms with E-state index in [0.29, 0.717) is 16.3 Å². The predicted molar refractivity (Wildman–Crippen MR) is 124 cm³/mol. The third-order valence-corrected chi connectivity index (χ3v) is 6.79. The summed E-state index contributed by atoms with van der Waals surface area (Å²) in [5.74, 6) is 0.684. The number of aromatic nitrogens is 3. The average Bonchev–Trinajstić information content (AvgIpc) is 2.79. The normalized spacial score (nSPS) is 15.5. The van der Waals surface area contributed by atoms with E-state index in [9.17, 15) is 8.78 Å². The first-order chi connectivity index (χ1) is 15.5. The van der Waals surface area contributed by atoms with Crippen LogP contribution in [0.25, 0.3) is 11.3 Å². The number of rotatable bonds is 4. The molecule has 0 aliphatic carbocycles. The fraction of sp³-hybridized carbons (Fsp3) is 0.348. The van der Waals surface area contributed by atoms with Crippen LogP contribution in [0.1, 0.15) is 25.1 Å². The zero-order valence-electron chi connectivity index (χ0n) is 18.0. The number of fused-ring (bicyclic) bond motifs is 2. The van der Waals surface area contributed by atoms with Crippen LogP contribution >= 0.6 is 11.8 Å². The van der Waals surface area contributed by atoms with E-state index < -0.39 is 5.82 Å². The lowest BCUT2D eigenvalue weighted by Gasteiger charge is -2.34. The van der Waals surface area contributed by atoms with Crippen LogP contribution in [-0.2, 0) is 13.0 Å². The minimum Gasteiger partial charge on any atom is -0.367 e. The van der Waals surface area contributed by atoms with Gasteiger partial charge in [0, 0.05) is 49.1 Å². The van der Waals surface area contributed by atoms with E-state index in [1.807, 2.05) is 18.2 Å². The second-order valence-corrected chi connectivity index (χ2v) is 9.29. The zero-order chi connectivity index (χ0) is 22.2. The molecule has 2 aromatic heterocycles. The smallest absolute Gasteiger partial charge is 0.229 e. The monoisotopic (exact) mass is 454 g/mol. The van der Waals surface area contributed by atoms with Gasteiger partial charge in [-0.25, -0.2) is 23.7 Å². The van der Waals surface area contributed by atoms with Crippen molar-refractivity contribution in [1.82, 2.24) is 20.3 Å². The Kier molecular flexibility index (Phi) is 5.69. The molecule has 166 valence electrons. The van der Waals surface area contributed by atoms with Gasteiger partial charge in [0.05, 0.1) is 16.8 Å². The molecule has 0 unspecified atom stereocenters. The number of thioether (sulfide) groups is 1. The van der Waals surface area contributed by atoms with E-state index in [1.165, 1.54) is 23.4 Å². The summed E-state index contributed by atoms with van der Waals surface area (Å²) in [4.78, 5) is 15.8. The van der Waals surface area contributed by atoms with E-state index in [4.69, 9.17) is 0 Å². The molecule has 2 aliphatic heterocycles. The Morgan fingerprint density at radius 1 is 1.16 bits per heavy atom. The van der Waals surface area contributed by atoms with Crippen molar-refractivity contribution in [2.75, 3.05) is 29.1 Å². The van der Waals surface area contributed by atoms with E-state index >= 15 is 0 Å². The van der Waals surface area contributed by atoms with Crippen molar-refractivity contribution < 1.29 is 8.78 Å². The summed E-state index contributed by atoms with van der Waals surface area (Å²) < 4.78 is 29.7. The summed E-state index contributed by atoms with van der Waals surface area (Å²) in [5.41, 5.74) is 3.43. The molecular weight excluding hydrogens is 430 g/mol. The Bertz CT molecular complexity index is 1170. The Balaban J connectivity index is 1.49. The SMILES string of the molecule is CC(C)N1CCSc2c(F)cc(-c3nc(Nc4ccc5c(n4)CCNC5)ncc3F)cc21. The summed E-state index contributed by atoms with van der Waals surface area (Å²) >= 11 is 1.49. The fourth-order valence-electron chi connectivity index (χ4n) is 4.13. The highest BCUT2D eigenvalue weighted by Crippen LogP contribution is 2.41. The third kappa shape index (κ3) is 4.02. The molecule has 32 heavy (non-hydrogen) atoms. The number of nitrogens with zero attached hydrogens (tertiary/aromatic N) is 4. The fourth-order valence-corrected chi connectivity index (χ4v) is 5.14. The topological polar surface area (TPSA) is 66.0 Å². The average molecular weight is 455 g/mol. The Labute approximate surface area is 189 Å². The van der Waals surface area contributed by atoms with Crippen LogP contribution in [0.15, 0.2) is 35.4 Å². The molecule has 0 saturated heterocycles. The van der Waals surface area contributed by atoms with Crippen molar-refractivity contribution >= 4 is 29.2 Å². The van der Waals surface area contributed by atoms with E-state index in [-0.39, 0.29) is 23.5 Å². The number of halogens is 2. The minimum absolute atomic E-state index is 0.0608. The molecule has 0 bridgehead atoms. The maximum absolute atomic E-state index is 14.9. The molecule has 0 saturated carbocycles.